The lowest BCUT2D eigenvalue weighted by Crippen LogP contribution is -2.28. The summed E-state index contributed by atoms with van der Waals surface area (Å²) in [5, 5.41) is 3.29. The molecule has 1 saturated carbocycles. The summed E-state index contributed by atoms with van der Waals surface area (Å²) in [6, 6.07) is 3.48. The number of rotatable bonds is 8. The van der Waals surface area contributed by atoms with E-state index in [1.165, 1.54) is 0 Å². The topological polar surface area (TPSA) is 71.1 Å². The summed E-state index contributed by atoms with van der Waals surface area (Å²) in [5.41, 5.74) is 0.987. The molecule has 1 fully saturated rings. The molecule has 20 heavy (non-hydrogen) atoms. The highest BCUT2D eigenvalue weighted by Crippen LogP contribution is 2.35. The minimum absolute atomic E-state index is 0.100. The highest BCUT2D eigenvalue weighted by atomic mass is 32.2. The van der Waals surface area contributed by atoms with Gasteiger partial charge in [0, 0.05) is 18.8 Å². The van der Waals surface area contributed by atoms with Gasteiger partial charge in [0.2, 0.25) is 0 Å². The van der Waals surface area contributed by atoms with Gasteiger partial charge >= 0.3 is 0 Å². The smallest absolute Gasteiger partial charge is 0.258 e. The summed E-state index contributed by atoms with van der Waals surface area (Å²) in [5.74, 6) is 0.503. The van der Waals surface area contributed by atoms with Gasteiger partial charge in [-0.1, -0.05) is 26.3 Å². The van der Waals surface area contributed by atoms with Crippen LogP contribution in [0.1, 0.15) is 38.7 Å². The molecular weight excluding hydrogens is 274 g/mol. The van der Waals surface area contributed by atoms with E-state index in [0.29, 0.717) is 12.5 Å². The SMILES string of the molecule is CCCC1CC1NS(=O)(=O)c1ccc(CNCC)cn1. The van der Waals surface area contributed by atoms with E-state index in [-0.39, 0.29) is 11.1 Å². The maximum Gasteiger partial charge on any atom is 0.258 e. The molecule has 6 heteroatoms. The third kappa shape index (κ3) is 4.01. The molecule has 0 radical (unpaired) electrons. The lowest BCUT2D eigenvalue weighted by atomic mass is 10.2. The maximum atomic E-state index is 12.2. The molecule has 0 bridgehead atoms. The zero-order valence-corrected chi connectivity index (χ0v) is 12.9. The van der Waals surface area contributed by atoms with Gasteiger partial charge in [-0.3, -0.25) is 0 Å². The van der Waals surface area contributed by atoms with E-state index in [4.69, 9.17) is 0 Å². The average Bonchev–Trinajstić information content (AvgIpc) is 3.14. The van der Waals surface area contributed by atoms with Gasteiger partial charge in [0.1, 0.15) is 0 Å². The van der Waals surface area contributed by atoms with Crippen LogP contribution in [0.5, 0.6) is 0 Å². The second-order valence-corrected chi connectivity index (χ2v) is 6.96. The first-order chi connectivity index (χ1) is 9.56. The Morgan fingerprint density at radius 2 is 2.15 bits per heavy atom. The molecule has 0 amide bonds. The number of sulfonamides is 1. The van der Waals surface area contributed by atoms with Crippen LogP contribution in [-0.2, 0) is 16.6 Å². The molecule has 2 unspecified atom stereocenters. The molecule has 2 rings (SSSR count). The minimum atomic E-state index is -3.47. The summed E-state index contributed by atoms with van der Waals surface area (Å²) >= 11 is 0. The molecule has 5 nitrogen and oxygen atoms in total. The van der Waals surface area contributed by atoms with Crippen molar-refractivity contribution in [2.45, 2.75) is 50.7 Å². The van der Waals surface area contributed by atoms with E-state index in [0.717, 1.165) is 31.4 Å². The van der Waals surface area contributed by atoms with Gasteiger partial charge in [-0.25, -0.2) is 18.1 Å². The number of hydrogen-bond acceptors (Lipinski definition) is 4. The van der Waals surface area contributed by atoms with Crippen LogP contribution in [0.15, 0.2) is 23.4 Å². The fourth-order valence-electron chi connectivity index (χ4n) is 2.29. The number of aromatic nitrogens is 1. The summed E-state index contributed by atoms with van der Waals surface area (Å²) in [4.78, 5) is 4.06. The van der Waals surface area contributed by atoms with E-state index in [1.807, 2.05) is 6.92 Å². The maximum absolute atomic E-state index is 12.2. The van der Waals surface area contributed by atoms with Gasteiger partial charge in [0.05, 0.1) is 0 Å². The van der Waals surface area contributed by atoms with Crippen molar-refractivity contribution < 1.29 is 8.42 Å². The van der Waals surface area contributed by atoms with Crippen LogP contribution < -0.4 is 10.0 Å². The number of hydrogen-bond donors (Lipinski definition) is 2. The van der Waals surface area contributed by atoms with Gasteiger partial charge in [0.25, 0.3) is 10.0 Å². The molecule has 2 N–H and O–H groups in total. The summed E-state index contributed by atoms with van der Waals surface area (Å²) in [7, 11) is -3.47. The Bertz CT molecular complexity index is 528. The first-order valence-electron chi connectivity index (χ1n) is 7.24. The highest BCUT2D eigenvalue weighted by Gasteiger charge is 2.39. The van der Waals surface area contributed by atoms with Crippen molar-refractivity contribution in [1.29, 1.82) is 0 Å². The van der Waals surface area contributed by atoms with Crippen LogP contribution in [0.3, 0.4) is 0 Å². The fourth-order valence-corrected chi connectivity index (χ4v) is 3.53. The predicted molar refractivity (Wildman–Crippen MR) is 78.7 cm³/mol. The normalized spacial score (nSPS) is 21.9. The van der Waals surface area contributed by atoms with Gasteiger partial charge in [0.15, 0.2) is 5.03 Å². The molecular formula is C14H23N3O2S. The van der Waals surface area contributed by atoms with Crippen LogP contribution >= 0.6 is 0 Å². The second kappa shape index (κ2) is 6.65. The Morgan fingerprint density at radius 3 is 2.75 bits per heavy atom. The van der Waals surface area contributed by atoms with E-state index in [2.05, 4.69) is 21.9 Å². The van der Waals surface area contributed by atoms with Crippen molar-refractivity contribution in [3.63, 3.8) is 0 Å². The predicted octanol–water partition coefficient (Wildman–Crippen LogP) is 1.66. The number of pyridine rings is 1. The van der Waals surface area contributed by atoms with Gasteiger partial charge in [-0.2, -0.15) is 0 Å². The molecule has 1 aliphatic rings. The standard InChI is InChI=1S/C14H23N3O2S/c1-3-5-12-8-13(12)17-20(18,19)14-7-6-11(10-16-14)9-15-4-2/h6-7,10,12-13,15,17H,3-5,8-9H2,1-2H3. The molecule has 1 heterocycles. The Labute approximate surface area is 121 Å². The zero-order chi connectivity index (χ0) is 14.6. The van der Waals surface area contributed by atoms with E-state index in [9.17, 15) is 8.42 Å². The third-order valence-electron chi connectivity index (χ3n) is 3.54. The van der Waals surface area contributed by atoms with Crippen LogP contribution in [0.4, 0.5) is 0 Å². The van der Waals surface area contributed by atoms with Crippen molar-refractivity contribution in [2.24, 2.45) is 5.92 Å². The van der Waals surface area contributed by atoms with Gasteiger partial charge < -0.3 is 5.32 Å². The van der Waals surface area contributed by atoms with Crippen LogP contribution in [0.25, 0.3) is 0 Å². The quantitative estimate of drug-likeness (QED) is 0.765. The molecule has 0 aliphatic heterocycles. The summed E-state index contributed by atoms with van der Waals surface area (Å²) in [6.07, 6.45) is 4.75. The highest BCUT2D eigenvalue weighted by molar-refractivity contribution is 7.89. The first kappa shape index (κ1) is 15.4. The van der Waals surface area contributed by atoms with Crippen LogP contribution in [0, 0.1) is 5.92 Å². The average molecular weight is 297 g/mol. The van der Waals surface area contributed by atoms with E-state index >= 15 is 0 Å². The fraction of sp³-hybridized carbons (Fsp3) is 0.643. The molecule has 1 aromatic rings. The molecule has 112 valence electrons. The van der Waals surface area contributed by atoms with Crippen LogP contribution in [-0.4, -0.2) is 26.0 Å². The van der Waals surface area contributed by atoms with E-state index in [1.54, 1.807) is 18.3 Å². The molecule has 0 spiro atoms. The first-order valence-corrected chi connectivity index (χ1v) is 8.73. The lowest BCUT2D eigenvalue weighted by molar-refractivity contribution is 0.569. The van der Waals surface area contributed by atoms with Crippen molar-refractivity contribution in [3.05, 3.63) is 23.9 Å². The lowest BCUT2D eigenvalue weighted by Gasteiger charge is -2.07. The van der Waals surface area contributed by atoms with Gasteiger partial charge in [-0.15, -0.1) is 0 Å². The van der Waals surface area contributed by atoms with Crippen molar-refractivity contribution in [1.82, 2.24) is 15.0 Å². The van der Waals surface area contributed by atoms with Crippen LogP contribution in [0.2, 0.25) is 0 Å². The third-order valence-corrected chi connectivity index (χ3v) is 4.95. The Kier molecular flexibility index (Phi) is 5.12. The Hall–Kier alpha value is -0.980. The summed E-state index contributed by atoms with van der Waals surface area (Å²) in [6.45, 7) is 5.73. The van der Waals surface area contributed by atoms with Gasteiger partial charge in [-0.05, 0) is 36.9 Å². The molecule has 1 aliphatic carbocycles. The van der Waals surface area contributed by atoms with Crippen molar-refractivity contribution in [2.75, 3.05) is 6.54 Å². The largest absolute Gasteiger partial charge is 0.313 e. The number of nitrogens with zero attached hydrogens (tertiary/aromatic N) is 1. The molecule has 1 aromatic heterocycles. The Morgan fingerprint density at radius 1 is 1.35 bits per heavy atom. The Balaban J connectivity index is 1.96. The minimum Gasteiger partial charge on any atom is -0.313 e. The number of nitrogens with one attached hydrogen (secondary N) is 2. The summed E-state index contributed by atoms with van der Waals surface area (Å²) < 4.78 is 27.1. The molecule has 0 aromatic carbocycles. The molecule has 2 atom stereocenters. The monoisotopic (exact) mass is 297 g/mol. The van der Waals surface area contributed by atoms with E-state index < -0.39 is 10.0 Å². The second-order valence-electron chi connectivity index (χ2n) is 5.30. The van der Waals surface area contributed by atoms with Crippen molar-refractivity contribution >= 4 is 10.0 Å². The van der Waals surface area contributed by atoms with Crippen molar-refractivity contribution in [3.8, 4) is 0 Å². The molecule has 0 saturated heterocycles. The zero-order valence-electron chi connectivity index (χ0n) is 12.1.